The van der Waals surface area contributed by atoms with Crippen LogP contribution in [0.4, 0.5) is 0 Å². The third-order valence-corrected chi connectivity index (χ3v) is 4.62. The molecule has 1 atom stereocenters. The summed E-state index contributed by atoms with van der Waals surface area (Å²) in [6.07, 6.45) is 3.76. The Kier molecular flexibility index (Phi) is 8.71. The summed E-state index contributed by atoms with van der Waals surface area (Å²) in [4.78, 5) is 9.69. The lowest BCUT2D eigenvalue weighted by Gasteiger charge is -2.28. The molecule has 0 bridgehead atoms. The van der Waals surface area contributed by atoms with Gasteiger partial charge in [0.1, 0.15) is 0 Å². The number of ether oxygens (including phenoxy) is 1. The summed E-state index contributed by atoms with van der Waals surface area (Å²) in [6.45, 7) is 12.4. The maximum atomic E-state index is 5.38. The van der Waals surface area contributed by atoms with Crippen LogP contribution in [0.15, 0.2) is 4.99 Å². The summed E-state index contributed by atoms with van der Waals surface area (Å²) in [7, 11) is 2.21. The first kappa shape index (κ1) is 18.5. The van der Waals surface area contributed by atoms with Crippen LogP contribution in [0.25, 0.3) is 0 Å². The van der Waals surface area contributed by atoms with Gasteiger partial charge < -0.3 is 20.3 Å². The Morgan fingerprint density at radius 2 is 2.04 bits per heavy atom. The van der Waals surface area contributed by atoms with Crippen LogP contribution in [0.2, 0.25) is 0 Å². The zero-order chi connectivity index (χ0) is 16.3. The minimum atomic E-state index is 0.706. The molecular weight excluding hydrogens is 290 g/mol. The van der Waals surface area contributed by atoms with Gasteiger partial charge in [0, 0.05) is 39.3 Å². The van der Waals surface area contributed by atoms with E-state index in [1.807, 2.05) is 0 Å². The van der Waals surface area contributed by atoms with Gasteiger partial charge in [-0.15, -0.1) is 0 Å². The Labute approximate surface area is 141 Å². The van der Waals surface area contributed by atoms with E-state index in [9.17, 15) is 0 Å². The van der Waals surface area contributed by atoms with Crippen LogP contribution >= 0.6 is 0 Å². The third kappa shape index (κ3) is 7.50. The van der Waals surface area contributed by atoms with Gasteiger partial charge in [0.25, 0.3) is 0 Å². The van der Waals surface area contributed by atoms with E-state index < -0.39 is 0 Å². The van der Waals surface area contributed by atoms with Crippen LogP contribution < -0.4 is 10.6 Å². The second-order valence-corrected chi connectivity index (χ2v) is 6.72. The van der Waals surface area contributed by atoms with Gasteiger partial charge in [-0.3, -0.25) is 9.89 Å². The van der Waals surface area contributed by atoms with Crippen molar-refractivity contribution in [1.29, 1.82) is 0 Å². The first-order valence-corrected chi connectivity index (χ1v) is 9.28. The number of guanidine groups is 1. The molecule has 2 heterocycles. The average molecular weight is 326 g/mol. The molecule has 2 fully saturated rings. The number of nitrogens with zero attached hydrogens (tertiary/aromatic N) is 3. The molecule has 0 saturated carbocycles. The van der Waals surface area contributed by atoms with Crippen molar-refractivity contribution in [2.75, 3.05) is 72.6 Å². The molecule has 2 N–H and O–H groups in total. The molecule has 0 aromatic carbocycles. The summed E-state index contributed by atoms with van der Waals surface area (Å²) >= 11 is 0. The summed E-state index contributed by atoms with van der Waals surface area (Å²) in [5.74, 6) is 1.68. The lowest BCUT2D eigenvalue weighted by molar-refractivity contribution is 0.0376. The van der Waals surface area contributed by atoms with Crippen molar-refractivity contribution in [3.63, 3.8) is 0 Å². The molecule has 2 aliphatic heterocycles. The third-order valence-electron chi connectivity index (χ3n) is 4.62. The fourth-order valence-electron chi connectivity index (χ4n) is 3.32. The zero-order valence-electron chi connectivity index (χ0n) is 15.0. The maximum Gasteiger partial charge on any atom is 0.191 e. The predicted octanol–water partition coefficient (Wildman–Crippen LogP) is 0.606. The van der Waals surface area contributed by atoms with Crippen LogP contribution in [0.5, 0.6) is 0 Å². The molecule has 2 saturated heterocycles. The molecular formula is C17H35N5O. The Bertz CT molecular complexity index is 344. The molecule has 2 aliphatic rings. The van der Waals surface area contributed by atoms with Crippen LogP contribution in [-0.4, -0.2) is 88.4 Å². The number of nitrogens with one attached hydrogen (secondary N) is 2. The topological polar surface area (TPSA) is 52.1 Å². The van der Waals surface area contributed by atoms with Crippen molar-refractivity contribution < 1.29 is 4.74 Å². The van der Waals surface area contributed by atoms with E-state index in [1.54, 1.807) is 0 Å². The number of hydrogen-bond acceptors (Lipinski definition) is 4. The highest BCUT2D eigenvalue weighted by Crippen LogP contribution is 2.14. The zero-order valence-corrected chi connectivity index (χ0v) is 15.0. The van der Waals surface area contributed by atoms with E-state index in [0.29, 0.717) is 5.92 Å². The summed E-state index contributed by atoms with van der Waals surface area (Å²) in [5.41, 5.74) is 0. The standard InChI is InChI=1S/C17H35N5O/c1-3-18-17(20-14-16-6-4-8-21(2)15-16)19-7-5-9-22-10-12-23-13-11-22/h16H,3-15H2,1-2H3,(H2,18,19,20). The van der Waals surface area contributed by atoms with E-state index in [0.717, 1.165) is 64.9 Å². The molecule has 1 unspecified atom stereocenters. The van der Waals surface area contributed by atoms with Crippen LogP contribution in [0.1, 0.15) is 26.2 Å². The van der Waals surface area contributed by atoms with Gasteiger partial charge >= 0.3 is 0 Å². The summed E-state index contributed by atoms with van der Waals surface area (Å²) in [6, 6.07) is 0. The molecule has 23 heavy (non-hydrogen) atoms. The fraction of sp³-hybridized carbons (Fsp3) is 0.941. The number of aliphatic imine (C=N–C) groups is 1. The molecule has 6 heteroatoms. The highest BCUT2D eigenvalue weighted by Gasteiger charge is 2.16. The summed E-state index contributed by atoms with van der Waals surface area (Å²) in [5, 5.41) is 6.84. The number of morpholine rings is 1. The minimum Gasteiger partial charge on any atom is -0.379 e. The molecule has 0 aromatic heterocycles. The Balaban J connectivity index is 1.64. The quantitative estimate of drug-likeness (QED) is 0.408. The van der Waals surface area contributed by atoms with Gasteiger partial charge in [0.2, 0.25) is 0 Å². The molecule has 2 rings (SSSR count). The smallest absolute Gasteiger partial charge is 0.191 e. The molecule has 134 valence electrons. The molecule has 0 radical (unpaired) electrons. The van der Waals surface area contributed by atoms with E-state index in [-0.39, 0.29) is 0 Å². The number of hydrogen-bond donors (Lipinski definition) is 2. The van der Waals surface area contributed by atoms with Gasteiger partial charge in [-0.25, -0.2) is 0 Å². The first-order chi connectivity index (χ1) is 11.3. The minimum absolute atomic E-state index is 0.706. The van der Waals surface area contributed by atoms with E-state index in [4.69, 9.17) is 9.73 Å². The normalized spacial score (nSPS) is 24.6. The lowest BCUT2D eigenvalue weighted by atomic mass is 9.99. The van der Waals surface area contributed by atoms with Gasteiger partial charge in [0.05, 0.1) is 13.2 Å². The summed E-state index contributed by atoms with van der Waals surface area (Å²) < 4.78 is 5.38. The van der Waals surface area contributed by atoms with E-state index in [2.05, 4.69) is 34.4 Å². The van der Waals surface area contributed by atoms with Gasteiger partial charge in [-0.2, -0.15) is 0 Å². The van der Waals surface area contributed by atoms with Gasteiger partial charge in [-0.05, 0) is 52.2 Å². The molecule has 0 amide bonds. The van der Waals surface area contributed by atoms with Crippen molar-refractivity contribution in [3.05, 3.63) is 0 Å². The first-order valence-electron chi connectivity index (χ1n) is 9.28. The average Bonchev–Trinajstić information content (AvgIpc) is 2.57. The lowest BCUT2D eigenvalue weighted by Crippen LogP contribution is -2.41. The Morgan fingerprint density at radius 1 is 1.22 bits per heavy atom. The van der Waals surface area contributed by atoms with Crippen LogP contribution in [0.3, 0.4) is 0 Å². The van der Waals surface area contributed by atoms with Crippen molar-refractivity contribution in [3.8, 4) is 0 Å². The maximum absolute atomic E-state index is 5.38. The van der Waals surface area contributed by atoms with Gasteiger partial charge in [-0.1, -0.05) is 0 Å². The van der Waals surface area contributed by atoms with Crippen LogP contribution in [0, 0.1) is 5.92 Å². The largest absolute Gasteiger partial charge is 0.379 e. The monoisotopic (exact) mass is 325 g/mol. The second-order valence-electron chi connectivity index (χ2n) is 6.72. The fourth-order valence-corrected chi connectivity index (χ4v) is 3.32. The Hall–Kier alpha value is -0.850. The number of likely N-dealkylation sites (tertiary alicyclic amines) is 1. The number of piperidine rings is 1. The highest BCUT2D eigenvalue weighted by atomic mass is 16.5. The molecule has 0 spiro atoms. The molecule has 6 nitrogen and oxygen atoms in total. The predicted molar refractivity (Wildman–Crippen MR) is 96.1 cm³/mol. The van der Waals surface area contributed by atoms with Crippen molar-refractivity contribution >= 4 is 5.96 Å². The molecule has 0 aromatic rings. The number of rotatable bonds is 7. The van der Waals surface area contributed by atoms with E-state index >= 15 is 0 Å². The van der Waals surface area contributed by atoms with Crippen molar-refractivity contribution in [2.24, 2.45) is 10.9 Å². The van der Waals surface area contributed by atoms with Crippen molar-refractivity contribution in [2.45, 2.75) is 26.2 Å². The van der Waals surface area contributed by atoms with Crippen LogP contribution in [-0.2, 0) is 4.74 Å². The molecule has 0 aliphatic carbocycles. The van der Waals surface area contributed by atoms with E-state index in [1.165, 1.54) is 25.9 Å². The second kappa shape index (κ2) is 10.8. The SMILES string of the molecule is CCNC(=NCC1CCCN(C)C1)NCCCN1CCOCC1. The Morgan fingerprint density at radius 3 is 2.78 bits per heavy atom. The van der Waals surface area contributed by atoms with Crippen molar-refractivity contribution in [1.82, 2.24) is 20.4 Å². The highest BCUT2D eigenvalue weighted by molar-refractivity contribution is 5.79. The van der Waals surface area contributed by atoms with Gasteiger partial charge in [0.15, 0.2) is 5.96 Å².